The minimum absolute atomic E-state index is 0.371. The fraction of sp³-hybridized carbons (Fsp3) is 0.667. The molecule has 1 atom stereocenters. The second-order valence-electron chi connectivity index (χ2n) is 6.42. The molecule has 1 unspecified atom stereocenters. The molecule has 0 radical (unpaired) electrons. The summed E-state index contributed by atoms with van der Waals surface area (Å²) in [6.07, 6.45) is 1.92. The van der Waals surface area contributed by atoms with E-state index in [1.54, 1.807) is 7.11 Å². The third-order valence-corrected chi connectivity index (χ3v) is 4.71. The molecule has 2 rings (SSSR count). The molecule has 0 aromatic heterocycles. The molecule has 1 fully saturated rings. The summed E-state index contributed by atoms with van der Waals surface area (Å²) >= 11 is 0. The molecule has 0 amide bonds. The van der Waals surface area contributed by atoms with Gasteiger partial charge in [0.25, 0.3) is 0 Å². The lowest BCUT2D eigenvalue weighted by atomic mass is 10.0. The maximum Gasteiger partial charge on any atom is 0.0900 e. The molecule has 0 spiro atoms. The van der Waals surface area contributed by atoms with Crippen molar-refractivity contribution in [1.82, 2.24) is 10.2 Å². The van der Waals surface area contributed by atoms with Crippen molar-refractivity contribution < 1.29 is 9.84 Å². The van der Waals surface area contributed by atoms with Gasteiger partial charge in [0.05, 0.1) is 12.7 Å². The lowest BCUT2D eigenvalue weighted by Gasteiger charge is -2.33. The molecular formula is C18H30N2O2. The number of hydrogen-bond acceptors (Lipinski definition) is 4. The Morgan fingerprint density at radius 3 is 2.73 bits per heavy atom. The first-order valence-electron chi connectivity index (χ1n) is 8.28. The van der Waals surface area contributed by atoms with Gasteiger partial charge in [-0.2, -0.15) is 0 Å². The van der Waals surface area contributed by atoms with E-state index in [0.717, 1.165) is 39.0 Å². The standard InChI is InChI=1S/C18H30N2O2/c1-14-5-4-6-16(15(14)2)11-19-17-7-9-20(10-8-17)12-18(21)13-22-3/h4-6,17-19,21H,7-13H2,1-3H3. The smallest absolute Gasteiger partial charge is 0.0900 e. The van der Waals surface area contributed by atoms with E-state index in [1.165, 1.54) is 16.7 Å². The summed E-state index contributed by atoms with van der Waals surface area (Å²) in [5.41, 5.74) is 4.16. The van der Waals surface area contributed by atoms with Crippen molar-refractivity contribution >= 4 is 0 Å². The quantitative estimate of drug-likeness (QED) is 0.807. The molecule has 1 aromatic rings. The number of likely N-dealkylation sites (tertiary alicyclic amines) is 1. The molecule has 0 bridgehead atoms. The molecule has 1 aliphatic heterocycles. The largest absolute Gasteiger partial charge is 0.389 e. The number of piperidine rings is 1. The van der Waals surface area contributed by atoms with E-state index in [4.69, 9.17) is 4.74 Å². The van der Waals surface area contributed by atoms with E-state index in [2.05, 4.69) is 42.3 Å². The van der Waals surface area contributed by atoms with Crippen LogP contribution < -0.4 is 5.32 Å². The van der Waals surface area contributed by atoms with Crippen molar-refractivity contribution in [2.75, 3.05) is 33.4 Å². The first-order chi connectivity index (χ1) is 10.6. The molecule has 4 nitrogen and oxygen atoms in total. The zero-order chi connectivity index (χ0) is 15.9. The van der Waals surface area contributed by atoms with Gasteiger partial charge in [-0.25, -0.2) is 0 Å². The van der Waals surface area contributed by atoms with Gasteiger partial charge >= 0.3 is 0 Å². The highest BCUT2D eigenvalue weighted by Gasteiger charge is 2.20. The number of aryl methyl sites for hydroxylation is 1. The number of aliphatic hydroxyl groups excluding tert-OH is 1. The number of β-amino-alcohol motifs (C(OH)–C–C–N with tert-alkyl or cyclic N) is 1. The van der Waals surface area contributed by atoms with E-state index in [0.29, 0.717) is 12.6 Å². The van der Waals surface area contributed by atoms with Crippen LogP contribution in [-0.4, -0.2) is 55.5 Å². The average Bonchev–Trinajstić information content (AvgIpc) is 2.50. The van der Waals surface area contributed by atoms with E-state index in [9.17, 15) is 5.11 Å². The predicted molar refractivity (Wildman–Crippen MR) is 90.1 cm³/mol. The van der Waals surface area contributed by atoms with Gasteiger partial charge in [-0.15, -0.1) is 0 Å². The molecule has 1 heterocycles. The monoisotopic (exact) mass is 306 g/mol. The number of rotatable bonds is 7. The van der Waals surface area contributed by atoms with E-state index >= 15 is 0 Å². The van der Waals surface area contributed by atoms with Gasteiger partial charge in [0.1, 0.15) is 0 Å². The Hall–Kier alpha value is -0.940. The number of ether oxygens (including phenoxy) is 1. The highest BCUT2D eigenvalue weighted by molar-refractivity contribution is 5.32. The number of hydrogen-bond donors (Lipinski definition) is 2. The van der Waals surface area contributed by atoms with Crippen LogP contribution in [0, 0.1) is 13.8 Å². The summed E-state index contributed by atoms with van der Waals surface area (Å²) in [6, 6.07) is 7.10. The number of aliphatic hydroxyl groups is 1. The molecule has 124 valence electrons. The molecule has 22 heavy (non-hydrogen) atoms. The van der Waals surface area contributed by atoms with Gasteiger partial charge < -0.3 is 20.1 Å². The number of nitrogens with zero attached hydrogens (tertiary/aromatic N) is 1. The molecule has 0 aliphatic carbocycles. The first kappa shape index (κ1) is 17.4. The Bertz CT molecular complexity index is 456. The van der Waals surface area contributed by atoms with Crippen LogP contribution in [0.15, 0.2) is 18.2 Å². The summed E-state index contributed by atoms with van der Waals surface area (Å²) in [5.74, 6) is 0. The minimum atomic E-state index is -0.371. The van der Waals surface area contributed by atoms with Crippen molar-refractivity contribution in [3.05, 3.63) is 34.9 Å². The van der Waals surface area contributed by atoms with Gasteiger partial charge in [0.15, 0.2) is 0 Å². The topological polar surface area (TPSA) is 44.7 Å². The summed E-state index contributed by atoms with van der Waals surface area (Å²) in [7, 11) is 1.63. The van der Waals surface area contributed by atoms with E-state index in [-0.39, 0.29) is 6.10 Å². The molecular weight excluding hydrogens is 276 g/mol. The Morgan fingerprint density at radius 2 is 2.05 bits per heavy atom. The molecule has 1 aromatic carbocycles. The van der Waals surface area contributed by atoms with Crippen LogP contribution in [0.4, 0.5) is 0 Å². The fourth-order valence-corrected chi connectivity index (χ4v) is 3.12. The van der Waals surface area contributed by atoms with Crippen LogP contribution in [-0.2, 0) is 11.3 Å². The van der Waals surface area contributed by atoms with Gasteiger partial charge in [0.2, 0.25) is 0 Å². The number of nitrogens with one attached hydrogen (secondary N) is 1. The summed E-state index contributed by atoms with van der Waals surface area (Å²) in [6.45, 7) is 8.55. The van der Waals surface area contributed by atoms with Crippen LogP contribution in [0.5, 0.6) is 0 Å². The van der Waals surface area contributed by atoms with Gasteiger partial charge in [-0.3, -0.25) is 0 Å². The van der Waals surface area contributed by atoms with Gasteiger partial charge in [-0.05, 0) is 56.5 Å². The lowest BCUT2D eigenvalue weighted by molar-refractivity contribution is 0.0310. The zero-order valence-electron chi connectivity index (χ0n) is 14.1. The molecule has 0 saturated carbocycles. The molecule has 2 N–H and O–H groups in total. The lowest BCUT2D eigenvalue weighted by Crippen LogP contribution is -2.45. The first-order valence-corrected chi connectivity index (χ1v) is 8.28. The third-order valence-electron chi connectivity index (χ3n) is 4.71. The van der Waals surface area contributed by atoms with Crippen LogP contribution in [0.2, 0.25) is 0 Å². The summed E-state index contributed by atoms with van der Waals surface area (Å²) in [4.78, 5) is 2.33. The molecule has 1 aliphatic rings. The highest BCUT2D eigenvalue weighted by atomic mass is 16.5. The maximum absolute atomic E-state index is 9.79. The molecule has 4 heteroatoms. The van der Waals surface area contributed by atoms with E-state index in [1.807, 2.05) is 0 Å². The predicted octanol–water partition coefficient (Wildman–Crippen LogP) is 1.86. The number of methoxy groups -OCH3 is 1. The maximum atomic E-state index is 9.79. The third kappa shape index (κ3) is 5.06. The van der Waals surface area contributed by atoms with Crippen molar-refractivity contribution in [1.29, 1.82) is 0 Å². The fourth-order valence-electron chi connectivity index (χ4n) is 3.12. The van der Waals surface area contributed by atoms with Crippen LogP contribution in [0.25, 0.3) is 0 Å². The second-order valence-corrected chi connectivity index (χ2v) is 6.42. The minimum Gasteiger partial charge on any atom is -0.389 e. The van der Waals surface area contributed by atoms with Crippen LogP contribution in [0.1, 0.15) is 29.5 Å². The van der Waals surface area contributed by atoms with Crippen molar-refractivity contribution in [2.24, 2.45) is 0 Å². The Morgan fingerprint density at radius 1 is 1.32 bits per heavy atom. The Labute approximate surface area is 134 Å². The van der Waals surface area contributed by atoms with Crippen molar-refractivity contribution in [3.8, 4) is 0 Å². The second kappa shape index (κ2) is 8.63. The van der Waals surface area contributed by atoms with E-state index < -0.39 is 0 Å². The van der Waals surface area contributed by atoms with Crippen molar-refractivity contribution in [3.63, 3.8) is 0 Å². The van der Waals surface area contributed by atoms with Gasteiger partial charge in [0, 0.05) is 26.2 Å². The van der Waals surface area contributed by atoms with Gasteiger partial charge in [-0.1, -0.05) is 18.2 Å². The van der Waals surface area contributed by atoms with Crippen LogP contribution in [0.3, 0.4) is 0 Å². The molecule has 1 saturated heterocycles. The summed E-state index contributed by atoms with van der Waals surface area (Å²) in [5, 5.41) is 13.5. The summed E-state index contributed by atoms with van der Waals surface area (Å²) < 4.78 is 4.99. The SMILES string of the molecule is COCC(O)CN1CCC(NCc2cccc(C)c2C)CC1. The Kier molecular flexibility index (Phi) is 6.83. The van der Waals surface area contributed by atoms with Crippen LogP contribution >= 0.6 is 0 Å². The normalized spacial score (nSPS) is 18.5. The zero-order valence-corrected chi connectivity index (χ0v) is 14.1. The number of benzene rings is 1. The Balaban J connectivity index is 1.72. The average molecular weight is 306 g/mol. The highest BCUT2D eigenvalue weighted by Crippen LogP contribution is 2.15. The van der Waals surface area contributed by atoms with Crippen molar-refractivity contribution in [2.45, 2.75) is 45.4 Å².